The van der Waals surface area contributed by atoms with Gasteiger partial charge in [-0.25, -0.2) is 4.98 Å². The summed E-state index contributed by atoms with van der Waals surface area (Å²) in [5.74, 6) is 0. The number of rotatable bonds is 2. The van der Waals surface area contributed by atoms with Crippen LogP contribution in [0, 0.1) is 6.07 Å². The molecular weight excluding hydrogens is 262 g/mol. The Kier molecular flexibility index (Phi) is 3.13. The summed E-state index contributed by atoms with van der Waals surface area (Å²) < 4.78 is 0. The molecule has 1 aromatic heterocycles. The van der Waals surface area contributed by atoms with Crippen LogP contribution < -0.4 is 0 Å². The smallest absolute Gasteiger partial charge is 0.123 e. The van der Waals surface area contributed by atoms with Crippen LogP contribution in [-0.2, 0) is 0 Å². The zero-order valence-electron chi connectivity index (χ0n) is 9.43. The molecule has 0 saturated carbocycles. The van der Waals surface area contributed by atoms with E-state index in [1.165, 1.54) is 0 Å². The molecule has 3 aromatic rings. The summed E-state index contributed by atoms with van der Waals surface area (Å²) in [4.78, 5) is 4.31. The van der Waals surface area contributed by atoms with Gasteiger partial charge in [0.25, 0.3) is 0 Å². The van der Waals surface area contributed by atoms with Crippen molar-refractivity contribution in [2.24, 2.45) is 0 Å². The quantitative estimate of drug-likeness (QED) is 0.643. The SMILES string of the molecule is Clc1ccccc1-c1c[c]cc(-c2nccs2)c1. The molecule has 1 heterocycles. The van der Waals surface area contributed by atoms with Crippen molar-refractivity contribution in [3.05, 3.63) is 65.1 Å². The number of nitrogens with zero attached hydrogens (tertiary/aromatic N) is 1. The Bertz CT molecular complexity index is 662. The van der Waals surface area contributed by atoms with Gasteiger partial charge in [-0.2, -0.15) is 0 Å². The molecule has 1 radical (unpaired) electrons. The molecule has 0 unspecified atom stereocenters. The maximum atomic E-state index is 6.21. The van der Waals surface area contributed by atoms with Gasteiger partial charge in [-0.05, 0) is 35.9 Å². The molecule has 0 aliphatic carbocycles. The highest BCUT2D eigenvalue weighted by Crippen LogP contribution is 2.31. The second-order valence-corrected chi connectivity index (χ2v) is 5.13. The minimum atomic E-state index is 0.752. The normalized spacial score (nSPS) is 10.5. The number of hydrogen-bond donors (Lipinski definition) is 0. The molecule has 2 aromatic carbocycles. The molecule has 0 atom stereocenters. The average molecular weight is 271 g/mol. The van der Waals surface area contributed by atoms with Crippen LogP contribution in [0.15, 0.2) is 54.0 Å². The Morgan fingerprint density at radius 1 is 1.11 bits per heavy atom. The molecule has 0 fully saturated rings. The van der Waals surface area contributed by atoms with Gasteiger partial charge in [-0.1, -0.05) is 29.8 Å². The molecule has 0 saturated heterocycles. The van der Waals surface area contributed by atoms with Gasteiger partial charge in [0.05, 0.1) is 0 Å². The first kappa shape index (κ1) is 11.5. The zero-order valence-corrected chi connectivity index (χ0v) is 11.0. The number of halogens is 1. The first-order valence-corrected chi connectivity index (χ1v) is 6.76. The molecule has 18 heavy (non-hydrogen) atoms. The van der Waals surface area contributed by atoms with Crippen LogP contribution in [0.5, 0.6) is 0 Å². The predicted molar refractivity (Wildman–Crippen MR) is 76.8 cm³/mol. The molecule has 1 nitrogen and oxygen atoms in total. The predicted octanol–water partition coefficient (Wildman–Crippen LogP) is 4.93. The Balaban J connectivity index is 2.10. The second-order valence-electron chi connectivity index (χ2n) is 3.83. The molecule has 3 heteroatoms. The van der Waals surface area contributed by atoms with E-state index < -0.39 is 0 Å². The fraction of sp³-hybridized carbons (Fsp3) is 0. The van der Waals surface area contributed by atoms with Crippen LogP contribution in [-0.4, -0.2) is 4.98 Å². The van der Waals surface area contributed by atoms with Crippen molar-refractivity contribution in [3.63, 3.8) is 0 Å². The number of hydrogen-bond acceptors (Lipinski definition) is 2. The highest BCUT2D eigenvalue weighted by atomic mass is 35.5. The summed E-state index contributed by atoms with van der Waals surface area (Å²) in [5.41, 5.74) is 3.16. The maximum Gasteiger partial charge on any atom is 0.123 e. The summed E-state index contributed by atoms with van der Waals surface area (Å²) >= 11 is 7.83. The van der Waals surface area contributed by atoms with Gasteiger partial charge in [0.15, 0.2) is 0 Å². The van der Waals surface area contributed by atoms with Crippen molar-refractivity contribution < 1.29 is 0 Å². The van der Waals surface area contributed by atoms with Gasteiger partial charge in [-0.15, -0.1) is 11.3 Å². The lowest BCUT2D eigenvalue weighted by Gasteiger charge is -2.05. The van der Waals surface area contributed by atoms with Crippen molar-refractivity contribution in [3.8, 4) is 21.7 Å². The zero-order chi connectivity index (χ0) is 12.4. The lowest BCUT2D eigenvalue weighted by atomic mass is 10.0. The standard InChI is InChI=1S/C15H9ClNS/c16-14-7-2-1-6-13(14)11-4-3-5-12(10-11)15-17-8-9-18-15/h1-2,4-10H. The van der Waals surface area contributed by atoms with Crippen LogP contribution in [0.25, 0.3) is 21.7 Å². The van der Waals surface area contributed by atoms with Gasteiger partial charge in [-0.3, -0.25) is 0 Å². The van der Waals surface area contributed by atoms with E-state index in [-0.39, 0.29) is 0 Å². The summed E-state index contributed by atoms with van der Waals surface area (Å²) in [6.07, 6.45) is 1.81. The molecule has 0 spiro atoms. The van der Waals surface area contributed by atoms with E-state index in [1.54, 1.807) is 11.3 Å². The van der Waals surface area contributed by atoms with Crippen LogP contribution in [0.3, 0.4) is 0 Å². The van der Waals surface area contributed by atoms with Crippen molar-refractivity contribution in [1.29, 1.82) is 0 Å². The minimum Gasteiger partial charge on any atom is -0.245 e. The number of thiazole rings is 1. The van der Waals surface area contributed by atoms with Crippen LogP contribution in [0.2, 0.25) is 5.02 Å². The first-order valence-electron chi connectivity index (χ1n) is 5.50. The molecule has 0 aliphatic heterocycles. The lowest BCUT2D eigenvalue weighted by Crippen LogP contribution is -1.81. The number of benzene rings is 2. The van der Waals surface area contributed by atoms with Gasteiger partial charge in [0.1, 0.15) is 5.01 Å². The van der Waals surface area contributed by atoms with E-state index in [4.69, 9.17) is 11.6 Å². The molecular formula is C15H9ClNS. The van der Waals surface area contributed by atoms with Crippen molar-refractivity contribution in [2.45, 2.75) is 0 Å². The van der Waals surface area contributed by atoms with Gasteiger partial charge in [0.2, 0.25) is 0 Å². The van der Waals surface area contributed by atoms with E-state index in [2.05, 4.69) is 17.1 Å². The van der Waals surface area contributed by atoms with Gasteiger partial charge in [0, 0.05) is 27.7 Å². The molecule has 3 rings (SSSR count). The summed E-state index contributed by atoms with van der Waals surface area (Å²) in [6.45, 7) is 0. The average Bonchev–Trinajstić information content (AvgIpc) is 2.93. The molecule has 0 N–H and O–H groups in total. The molecule has 0 bridgehead atoms. The minimum absolute atomic E-state index is 0.752. The third-order valence-corrected chi connectivity index (χ3v) is 3.80. The Hall–Kier alpha value is -1.64. The van der Waals surface area contributed by atoms with Crippen molar-refractivity contribution in [1.82, 2.24) is 4.98 Å². The third-order valence-electron chi connectivity index (χ3n) is 2.65. The van der Waals surface area contributed by atoms with E-state index in [1.807, 2.05) is 48.0 Å². The van der Waals surface area contributed by atoms with Gasteiger partial charge < -0.3 is 0 Å². The molecule has 0 amide bonds. The Labute approximate surface area is 115 Å². The van der Waals surface area contributed by atoms with Crippen molar-refractivity contribution in [2.75, 3.05) is 0 Å². The highest BCUT2D eigenvalue weighted by Gasteiger charge is 2.05. The van der Waals surface area contributed by atoms with Crippen molar-refractivity contribution >= 4 is 22.9 Å². The summed E-state index contributed by atoms with van der Waals surface area (Å²) in [5, 5.41) is 3.72. The summed E-state index contributed by atoms with van der Waals surface area (Å²) in [7, 11) is 0. The van der Waals surface area contributed by atoms with Crippen LogP contribution >= 0.6 is 22.9 Å². The van der Waals surface area contributed by atoms with E-state index >= 15 is 0 Å². The van der Waals surface area contributed by atoms with Crippen LogP contribution in [0.1, 0.15) is 0 Å². The fourth-order valence-corrected chi connectivity index (χ4v) is 2.68. The Morgan fingerprint density at radius 3 is 2.72 bits per heavy atom. The van der Waals surface area contributed by atoms with Crippen LogP contribution in [0.4, 0.5) is 0 Å². The Morgan fingerprint density at radius 2 is 1.94 bits per heavy atom. The largest absolute Gasteiger partial charge is 0.245 e. The first-order chi connectivity index (χ1) is 8.84. The fourth-order valence-electron chi connectivity index (χ4n) is 1.81. The number of aromatic nitrogens is 1. The molecule has 87 valence electrons. The summed E-state index contributed by atoms with van der Waals surface area (Å²) in [6, 6.07) is 17.0. The highest BCUT2D eigenvalue weighted by molar-refractivity contribution is 7.13. The van der Waals surface area contributed by atoms with Gasteiger partial charge >= 0.3 is 0 Å². The maximum absolute atomic E-state index is 6.21. The van der Waals surface area contributed by atoms with E-state index in [0.717, 1.165) is 26.7 Å². The van der Waals surface area contributed by atoms with E-state index in [9.17, 15) is 0 Å². The second kappa shape index (κ2) is 4.92. The van der Waals surface area contributed by atoms with E-state index in [0.29, 0.717) is 0 Å². The lowest BCUT2D eigenvalue weighted by molar-refractivity contribution is 1.41. The monoisotopic (exact) mass is 270 g/mol. The molecule has 0 aliphatic rings. The third kappa shape index (κ3) is 2.17. The topological polar surface area (TPSA) is 12.9 Å².